The van der Waals surface area contributed by atoms with Crippen molar-refractivity contribution >= 4 is 17.3 Å². The van der Waals surface area contributed by atoms with E-state index in [0.29, 0.717) is 5.56 Å². The lowest BCUT2D eigenvalue weighted by Gasteiger charge is -2.18. The second kappa shape index (κ2) is 5.52. The summed E-state index contributed by atoms with van der Waals surface area (Å²) >= 11 is 0. The lowest BCUT2D eigenvalue weighted by atomic mass is 10.1. The Morgan fingerprint density at radius 2 is 1.68 bits per heavy atom. The zero-order valence-electron chi connectivity index (χ0n) is 11.4. The summed E-state index contributed by atoms with van der Waals surface area (Å²) in [5.74, 6) is -0.0432. The number of aromatic nitrogens is 1. The van der Waals surface area contributed by atoms with E-state index < -0.39 is 0 Å². The highest BCUT2D eigenvalue weighted by atomic mass is 16.2. The first-order valence-corrected chi connectivity index (χ1v) is 6.05. The molecule has 0 saturated heterocycles. The third-order valence-corrected chi connectivity index (χ3v) is 2.97. The summed E-state index contributed by atoms with van der Waals surface area (Å²) in [4.78, 5) is 19.9. The molecule has 0 radical (unpaired) electrons. The Morgan fingerprint density at radius 3 is 2.21 bits per heavy atom. The Labute approximate surface area is 113 Å². The molecule has 98 valence electrons. The molecule has 4 nitrogen and oxygen atoms in total. The number of carbonyl (C=O) groups excluding carboxylic acids is 1. The van der Waals surface area contributed by atoms with E-state index in [2.05, 4.69) is 4.98 Å². The average Bonchev–Trinajstić information content (AvgIpc) is 2.46. The Kier molecular flexibility index (Phi) is 3.80. The number of anilines is 2. The van der Waals surface area contributed by atoms with Crippen LogP contribution in [0.5, 0.6) is 0 Å². The zero-order chi connectivity index (χ0) is 13.8. The molecule has 0 bridgehead atoms. The van der Waals surface area contributed by atoms with Crippen LogP contribution in [0.25, 0.3) is 0 Å². The zero-order valence-corrected chi connectivity index (χ0v) is 11.4. The summed E-state index contributed by atoms with van der Waals surface area (Å²) in [5, 5.41) is 0. The molecule has 0 saturated carbocycles. The van der Waals surface area contributed by atoms with Crippen molar-refractivity contribution in [2.45, 2.75) is 0 Å². The molecule has 1 aromatic carbocycles. The minimum atomic E-state index is -0.0432. The minimum absolute atomic E-state index is 0.0432. The van der Waals surface area contributed by atoms with Crippen LogP contribution in [0.2, 0.25) is 0 Å². The highest BCUT2D eigenvalue weighted by Crippen LogP contribution is 2.16. The van der Waals surface area contributed by atoms with Crippen LogP contribution in [0.1, 0.15) is 10.4 Å². The highest BCUT2D eigenvalue weighted by Gasteiger charge is 2.13. The second-order valence-electron chi connectivity index (χ2n) is 4.52. The fourth-order valence-electron chi connectivity index (χ4n) is 1.77. The van der Waals surface area contributed by atoms with E-state index >= 15 is 0 Å². The maximum absolute atomic E-state index is 12.3. The van der Waals surface area contributed by atoms with E-state index in [9.17, 15) is 4.79 Å². The van der Waals surface area contributed by atoms with Crippen molar-refractivity contribution in [2.24, 2.45) is 0 Å². The fourth-order valence-corrected chi connectivity index (χ4v) is 1.77. The van der Waals surface area contributed by atoms with Crippen molar-refractivity contribution in [3.8, 4) is 0 Å². The van der Waals surface area contributed by atoms with Crippen molar-refractivity contribution in [2.75, 3.05) is 30.9 Å². The molecule has 1 aromatic heterocycles. The SMILES string of the molecule is CN(C)c1ccc(C(=O)N(C)c2cccnc2)cc1. The van der Waals surface area contributed by atoms with E-state index in [1.54, 1.807) is 24.3 Å². The van der Waals surface area contributed by atoms with Gasteiger partial charge in [0.2, 0.25) is 0 Å². The van der Waals surface area contributed by atoms with Gasteiger partial charge in [-0.2, -0.15) is 0 Å². The molecule has 0 unspecified atom stereocenters. The van der Waals surface area contributed by atoms with Gasteiger partial charge in [-0.05, 0) is 36.4 Å². The fraction of sp³-hybridized carbons (Fsp3) is 0.200. The van der Waals surface area contributed by atoms with Crippen LogP contribution in [0.3, 0.4) is 0 Å². The number of nitrogens with zero attached hydrogens (tertiary/aromatic N) is 3. The predicted molar refractivity (Wildman–Crippen MR) is 77.7 cm³/mol. The minimum Gasteiger partial charge on any atom is -0.378 e. The van der Waals surface area contributed by atoms with Gasteiger partial charge in [0.15, 0.2) is 0 Å². The lowest BCUT2D eigenvalue weighted by molar-refractivity contribution is 0.0993. The number of rotatable bonds is 3. The normalized spacial score (nSPS) is 10.1. The molecule has 1 heterocycles. The molecule has 2 rings (SSSR count). The summed E-state index contributed by atoms with van der Waals surface area (Å²) in [6.07, 6.45) is 3.36. The van der Waals surface area contributed by atoms with Gasteiger partial charge in [-0.1, -0.05) is 0 Å². The smallest absolute Gasteiger partial charge is 0.258 e. The van der Waals surface area contributed by atoms with Crippen LogP contribution < -0.4 is 9.80 Å². The number of hydrogen-bond donors (Lipinski definition) is 0. The molecule has 0 atom stereocenters. The number of benzene rings is 1. The number of carbonyl (C=O) groups is 1. The molecule has 0 aliphatic rings. The summed E-state index contributed by atoms with van der Waals surface area (Å²) in [7, 11) is 5.69. The topological polar surface area (TPSA) is 36.4 Å². The number of amides is 1. The van der Waals surface area contributed by atoms with Crippen molar-refractivity contribution in [3.63, 3.8) is 0 Å². The lowest BCUT2D eigenvalue weighted by Crippen LogP contribution is -2.26. The van der Waals surface area contributed by atoms with Gasteiger partial charge in [-0.25, -0.2) is 0 Å². The van der Waals surface area contributed by atoms with Gasteiger partial charge in [0, 0.05) is 38.6 Å². The van der Waals surface area contributed by atoms with Crippen molar-refractivity contribution in [1.29, 1.82) is 0 Å². The molecule has 0 aliphatic heterocycles. The maximum Gasteiger partial charge on any atom is 0.258 e. The van der Waals surface area contributed by atoms with E-state index in [-0.39, 0.29) is 5.91 Å². The molecule has 0 N–H and O–H groups in total. The monoisotopic (exact) mass is 255 g/mol. The summed E-state index contributed by atoms with van der Waals surface area (Å²) < 4.78 is 0. The molecule has 0 spiro atoms. The van der Waals surface area contributed by atoms with Crippen molar-refractivity contribution in [3.05, 3.63) is 54.4 Å². The van der Waals surface area contributed by atoms with Gasteiger partial charge in [-0.3, -0.25) is 9.78 Å². The number of hydrogen-bond acceptors (Lipinski definition) is 3. The van der Waals surface area contributed by atoms with E-state index in [0.717, 1.165) is 11.4 Å². The summed E-state index contributed by atoms with van der Waals surface area (Å²) in [6, 6.07) is 11.2. The van der Waals surface area contributed by atoms with Gasteiger partial charge in [-0.15, -0.1) is 0 Å². The van der Waals surface area contributed by atoms with Gasteiger partial charge >= 0.3 is 0 Å². The average molecular weight is 255 g/mol. The standard InChI is InChI=1S/C15H17N3O/c1-17(2)13-8-6-12(7-9-13)15(19)18(3)14-5-4-10-16-11-14/h4-11H,1-3H3. The van der Waals surface area contributed by atoms with Crippen LogP contribution in [0.4, 0.5) is 11.4 Å². The molecular weight excluding hydrogens is 238 g/mol. The first-order chi connectivity index (χ1) is 9.09. The van der Waals surface area contributed by atoms with Crippen LogP contribution in [0.15, 0.2) is 48.8 Å². The molecular formula is C15H17N3O. The molecule has 1 amide bonds. The third kappa shape index (κ3) is 2.91. The van der Waals surface area contributed by atoms with E-state index in [1.807, 2.05) is 55.4 Å². The molecule has 2 aromatic rings. The summed E-state index contributed by atoms with van der Waals surface area (Å²) in [6.45, 7) is 0. The quantitative estimate of drug-likeness (QED) is 0.845. The Balaban J connectivity index is 2.20. The first-order valence-electron chi connectivity index (χ1n) is 6.05. The van der Waals surface area contributed by atoms with Crippen LogP contribution >= 0.6 is 0 Å². The Bertz CT molecular complexity index is 549. The van der Waals surface area contributed by atoms with Crippen molar-refractivity contribution in [1.82, 2.24) is 4.98 Å². The molecule has 19 heavy (non-hydrogen) atoms. The largest absolute Gasteiger partial charge is 0.378 e. The maximum atomic E-state index is 12.3. The summed E-state index contributed by atoms with van der Waals surface area (Å²) in [5.41, 5.74) is 2.52. The Hall–Kier alpha value is -2.36. The molecule has 0 aliphatic carbocycles. The van der Waals surface area contributed by atoms with E-state index in [4.69, 9.17) is 0 Å². The van der Waals surface area contributed by atoms with Gasteiger partial charge < -0.3 is 9.80 Å². The third-order valence-electron chi connectivity index (χ3n) is 2.97. The van der Waals surface area contributed by atoms with Crippen LogP contribution in [0, 0.1) is 0 Å². The molecule has 4 heteroatoms. The Morgan fingerprint density at radius 1 is 1.00 bits per heavy atom. The first kappa shape index (κ1) is 13.1. The van der Waals surface area contributed by atoms with E-state index in [1.165, 1.54) is 0 Å². The highest BCUT2D eigenvalue weighted by molar-refractivity contribution is 6.05. The van der Waals surface area contributed by atoms with Crippen molar-refractivity contribution < 1.29 is 4.79 Å². The molecule has 0 fully saturated rings. The van der Waals surface area contributed by atoms with Gasteiger partial charge in [0.05, 0.1) is 11.9 Å². The van der Waals surface area contributed by atoms with Gasteiger partial charge in [0.1, 0.15) is 0 Å². The van der Waals surface area contributed by atoms with Gasteiger partial charge in [0.25, 0.3) is 5.91 Å². The van der Waals surface area contributed by atoms with Crippen LogP contribution in [-0.2, 0) is 0 Å². The van der Waals surface area contributed by atoms with Crippen LogP contribution in [-0.4, -0.2) is 32.0 Å². The second-order valence-corrected chi connectivity index (χ2v) is 4.52. The predicted octanol–water partition coefficient (Wildman–Crippen LogP) is 2.42. The number of pyridine rings is 1.